The second kappa shape index (κ2) is 12.4. The van der Waals surface area contributed by atoms with Gasteiger partial charge in [0, 0.05) is 58.2 Å². The minimum Gasteiger partial charge on any atom is -0.381 e. The highest BCUT2D eigenvalue weighted by Gasteiger charge is 2.28. The van der Waals surface area contributed by atoms with Crippen molar-refractivity contribution in [3.05, 3.63) is 24.4 Å². The summed E-state index contributed by atoms with van der Waals surface area (Å²) in [5.41, 5.74) is 6.16. The number of amides is 1. The van der Waals surface area contributed by atoms with Crippen molar-refractivity contribution >= 4 is 36.5 Å². The molecule has 0 aliphatic carbocycles. The van der Waals surface area contributed by atoms with Crippen molar-refractivity contribution in [2.24, 2.45) is 11.7 Å². The number of halogens is 2. The predicted molar refractivity (Wildman–Crippen MR) is 117 cm³/mol. The Balaban J connectivity index is 0.00000196. The molecule has 1 aromatic rings. The number of aromatic nitrogens is 1. The molecule has 0 radical (unpaired) electrons. The molecule has 3 heterocycles. The Bertz CT molecular complexity index is 567. The zero-order valence-corrected chi connectivity index (χ0v) is 18.1. The van der Waals surface area contributed by atoms with E-state index in [1.54, 1.807) is 0 Å². The lowest BCUT2D eigenvalue weighted by Crippen LogP contribution is -2.54. The molecule has 160 valence electrons. The third-order valence-electron chi connectivity index (χ3n) is 5.34. The number of anilines is 1. The number of pyridine rings is 1. The van der Waals surface area contributed by atoms with Gasteiger partial charge in [0.15, 0.2) is 0 Å². The van der Waals surface area contributed by atoms with Gasteiger partial charge in [-0.3, -0.25) is 9.69 Å². The maximum absolute atomic E-state index is 12.4. The third kappa shape index (κ3) is 7.04. The van der Waals surface area contributed by atoms with Gasteiger partial charge < -0.3 is 20.7 Å². The van der Waals surface area contributed by atoms with Crippen molar-refractivity contribution in [1.82, 2.24) is 15.2 Å². The van der Waals surface area contributed by atoms with Crippen LogP contribution in [0.25, 0.3) is 0 Å². The molecule has 0 aromatic carbocycles. The average molecular weight is 434 g/mol. The first-order valence-electron chi connectivity index (χ1n) is 9.65. The van der Waals surface area contributed by atoms with Crippen LogP contribution in [0.4, 0.5) is 5.82 Å². The van der Waals surface area contributed by atoms with E-state index in [2.05, 4.69) is 33.1 Å². The molecular formula is C19H33Cl2N5O2. The Morgan fingerprint density at radius 3 is 2.54 bits per heavy atom. The SMILES string of the molecule is CC(CN1CCN(c2ccccn2)CC1)NC(=O)C(N)C1CCOCC1.Cl.Cl. The summed E-state index contributed by atoms with van der Waals surface area (Å²) < 4.78 is 5.35. The molecule has 3 N–H and O–H groups in total. The summed E-state index contributed by atoms with van der Waals surface area (Å²) >= 11 is 0. The first-order chi connectivity index (χ1) is 12.6. The van der Waals surface area contributed by atoms with Gasteiger partial charge in [-0.25, -0.2) is 4.98 Å². The van der Waals surface area contributed by atoms with Crippen molar-refractivity contribution in [2.45, 2.75) is 31.8 Å². The number of ether oxygens (including phenoxy) is 1. The van der Waals surface area contributed by atoms with Crippen molar-refractivity contribution in [3.63, 3.8) is 0 Å². The predicted octanol–water partition coefficient (Wildman–Crippen LogP) is 1.31. The lowest BCUT2D eigenvalue weighted by atomic mass is 9.91. The number of nitrogens with zero attached hydrogens (tertiary/aromatic N) is 3. The van der Waals surface area contributed by atoms with Crippen LogP contribution in [0.2, 0.25) is 0 Å². The minimum absolute atomic E-state index is 0. The molecule has 2 aliphatic heterocycles. The molecule has 3 rings (SSSR count). The maximum atomic E-state index is 12.4. The lowest BCUT2D eigenvalue weighted by Gasteiger charge is -2.36. The highest BCUT2D eigenvalue weighted by molar-refractivity contribution is 5.85. The van der Waals surface area contributed by atoms with Crippen molar-refractivity contribution in [1.29, 1.82) is 0 Å². The Kier molecular flexibility index (Phi) is 11.1. The summed E-state index contributed by atoms with van der Waals surface area (Å²) in [4.78, 5) is 21.5. The summed E-state index contributed by atoms with van der Waals surface area (Å²) in [6.07, 6.45) is 3.58. The highest BCUT2D eigenvalue weighted by Crippen LogP contribution is 2.18. The molecule has 2 aliphatic rings. The van der Waals surface area contributed by atoms with Crippen LogP contribution in [0.3, 0.4) is 0 Å². The first kappa shape index (κ1) is 24.9. The van der Waals surface area contributed by atoms with E-state index in [-0.39, 0.29) is 42.7 Å². The van der Waals surface area contributed by atoms with Gasteiger partial charge in [0.25, 0.3) is 0 Å². The topological polar surface area (TPSA) is 83.7 Å². The fourth-order valence-corrected chi connectivity index (χ4v) is 3.76. The van der Waals surface area contributed by atoms with Gasteiger partial charge in [0.1, 0.15) is 5.82 Å². The van der Waals surface area contributed by atoms with Crippen LogP contribution < -0.4 is 16.0 Å². The number of hydrogen-bond donors (Lipinski definition) is 2. The molecule has 0 bridgehead atoms. The van der Waals surface area contributed by atoms with E-state index >= 15 is 0 Å². The van der Waals surface area contributed by atoms with Crippen LogP contribution in [0, 0.1) is 5.92 Å². The summed E-state index contributed by atoms with van der Waals surface area (Å²) in [5.74, 6) is 1.24. The molecule has 2 saturated heterocycles. The molecule has 1 aromatic heterocycles. The van der Waals surface area contributed by atoms with Crippen LogP contribution in [0.5, 0.6) is 0 Å². The zero-order valence-electron chi connectivity index (χ0n) is 16.5. The standard InChI is InChI=1S/C19H31N5O2.2ClH/c1-15(22-19(25)18(20)16-5-12-26-13-6-16)14-23-8-10-24(11-9-23)17-4-2-3-7-21-17;;/h2-4,7,15-16,18H,5-6,8-14,20H2,1H3,(H,22,25);2*1H. The summed E-state index contributed by atoms with van der Waals surface area (Å²) in [7, 11) is 0. The van der Waals surface area contributed by atoms with E-state index in [1.807, 2.05) is 18.3 Å². The van der Waals surface area contributed by atoms with Gasteiger partial charge in [-0.05, 0) is 37.8 Å². The van der Waals surface area contributed by atoms with Crippen molar-refractivity contribution < 1.29 is 9.53 Å². The van der Waals surface area contributed by atoms with Gasteiger partial charge in [0.05, 0.1) is 6.04 Å². The minimum atomic E-state index is -0.428. The van der Waals surface area contributed by atoms with Crippen molar-refractivity contribution in [3.8, 4) is 0 Å². The molecule has 28 heavy (non-hydrogen) atoms. The van der Waals surface area contributed by atoms with Crippen molar-refractivity contribution in [2.75, 3.05) is 50.8 Å². The normalized spacial score (nSPS) is 20.4. The molecule has 2 fully saturated rings. The summed E-state index contributed by atoms with van der Waals surface area (Å²) in [6, 6.07) is 5.68. The molecule has 1 amide bonds. The molecule has 0 spiro atoms. The number of hydrogen-bond acceptors (Lipinski definition) is 6. The van der Waals surface area contributed by atoms with E-state index in [1.165, 1.54) is 0 Å². The number of rotatable bonds is 6. The van der Waals surface area contributed by atoms with Gasteiger partial charge in [-0.15, -0.1) is 24.8 Å². The Labute approximate surface area is 180 Å². The number of piperazine rings is 1. The van der Waals surface area contributed by atoms with Gasteiger partial charge in [-0.2, -0.15) is 0 Å². The van der Waals surface area contributed by atoms with Gasteiger partial charge >= 0.3 is 0 Å². The van der Waals surface area contributed by atoms with Crippen LogP contribution in [0.15, 0.2) is 24.4 Å². The Morgan fingerprint density at radius 1 is 1.25 bits per heavy atom. The van der Waals surface area contributed by atoms with E-state index in [9.17, 15) is 4.79 Å². The maximum Gasteiger partial charge on any atom is 0.237 e. The molecule has 9 heteroatoms. The fraction of sp³-hybridized carbons (Fsp3) is 0.684. The van der Waals surface area contributed by atoms with E-state index < -0.39 is 6.04 Å². The monoisotopic (exact) mass is 433 g/mol. The van der Waals surface area contributed by atoms with Crippen LogP contribution in [-0.4, -0.2) is 73.8 Å². The smallest absolute Gasteiger partial charge is 0.237 e. The molecule has 7 nitrogen and oxygen atoms in total. The third-order valence-corrected chi connectivity index (χ3v) is 5.34. The molecule has 2 unspecified atom stereocenters. The largest absolute Gasteiger partial charge is 0.381 e. The first-order valence-corrected chi connectivity index (χ1v) is 9.65. The molecule has 0 saturated carbocycles. The van der Waals surface area contributed by atoms with Gasteiger partial charge in [0.2, 0.25) is 5.91 Å². The second-order valence-electron chi connectivity index (χ2n) is 7.36. The highest BCUT2D eigenvalue weighted by atomic mass is 35.5. The lowest BCUT2D eigenvalue weighted by molar-refractivity contribution is -0.125. The Hall–Kier alpha value is -1.12. The van der Waals surface area contributed by atoms with Gasteiger partial charge in [-0.1, -0.05) is 6.07 Å². The average Bonchev–Trinajstić information content (AvgIpc) is 2.69. The summed E-state index contributed by atoms with van der Waals surface area (Å²) in [6.45, 7) is 8.19. The van der Waals surface area contributed by atoms with E-state index in [0.717, 1.165) is 51.4 Å². The van der Waals surface area contributed by atoms with Crippen LogP contribution >= 0.6 is 24.8 Å². The van der Waals surface area contributed by atoms with Crippen LogP contribution in [-0.2, 0) is 9.53 Å². The fourth-order valence-electron chi connectivity index (χ4n) is 3.76. The Morgan fingerprint density at radius 2 is 1.93 bits per heavy atom. The number of carbonyl (C=O) groups is 1. The van der Waals surface area contributed by atoms with E-state index in [0.29, 0.717) is 13.2 Å². The quantitative estimate of drug-likeness (QED) is 0.703. The number of carbonyl (C=O) groups excluding carboxylic acids is 1. The molecule has 2 atom stereocenters. The summed E-state index contributed by atoms with van der Waals surface area (Å²) in [5, 5.41) is 3.09. The number of nitrogens with one attached hydrogen (secondary N) is 1. The van der Waals surface area contributed by atoms with Crippen LogP contribution in [0.1, 0.15) is 19.8 Å². The zero-order chi connectivity index (χ0) is 18.4. The molecular weight excluding hydrogens is 401 g/mol. The number of nitrogens with two attached hydrogens (primary N) is 1. The van der Waals surface area contributed by atoms with E-state index in [4.69, 9.17) is 10.5 Å². The second-order valence-corrected chi connectivity index (χ2v) is 7.36.